The van der Waals surface area contributed by atoms with E-state index >= 15 is 0 Å². The van der Waals surface area contributed by atoms with E-state index in [2.05, 4.69) is 35.4 Å². The highest BCUT2D eigenvalue weighted by atomic mass is 79.9. The number of benzene rings is 1. The van der Waals surface area contributed by atoms with Gasteiger partial charge in [0.15, 0.2) is 0 Å². The molecular weight excluding hydrogens is 340 g/mol. The van der Waals surface area contributed by atoms with Crippen molar-refractivity contribution in [3.8, 4) is 0 Å². The molecule has 1 atom stereocenters. The maximum atomic E-state index is 6.26. The largest absolute Gasteiger partial charge is 0.321 e. The fourth-order valence-corrected chi connectivity index (χ4v) is 2.67. The summed E-state index contributed by atoms with van der Waals surface area (Å²) in [5.74, 6) is 0.846. The first kappa shape index (κ1) is 13.5. The van der Waals surface area contributed by atoms with Crippen LogP contribution in [-0.4, -0.2) is 19.5 Å². The molecule has 0 N–H and O–H groups in total. The third-order valence-electron chi connectivity index (χ3n) is 3.06. The zero-order valence-corrected chi connectivity index (χ0v) is 13.1. The molecule has 0 amide bonds. The van der Waals surface area contributed by atoms with E-state index in [0.29, 0.717) is 6.54 Å². The Hall–Kier alpha value is -1.46. The molecule has 0 fully saturated rings. The van der Waals surface area contributed by atoms with Crippen LogP contribution in [0, 0.1) is 0 Å². The molecule has 3 rings (SSSR count). The number of alkyl halides is 1. The van der Waals surface area contributed by atoms with Gasteiger partial charge in [-0.2, -0.15) is 0 Å². The Morgan fingerprint density at radius 1 is 1.35 bits per heavy atom. The minimum Gasteiger partial charge on any atom is -0.321 e. The molecule has 3 aromatic rings. The minimum absolute atomic E-state index is 0.164. The number of halogens is 2. The van der Waals surface area contributed by atoms with E-state index in [1.54, 1.807) is 12.5 Å². The van der Waals surface area contributed by atoms with Crippen LogP contribution in [-0.2, 0) is 6.54 Å². The number of hydrogen-bond donors (Lipinski definition) is 0. The molecule has 1 unspecified atom stereocenters. The van der Waals surface area contributed by atoms with Gasteiger partial charge in [0.2, 0.25) is 0 Å². The van der Waals surface area contributed by atoms with Gasteiger partial charge in [0, 0.05) is 10.7 Å². The van der Waals surface area contributed by atoms with Crippen LogP contribution in [0.15, 0.2) is 41.3 Å². The van der Waals surface area contributed by atoms with Crippen molar-refractivity contribution >= 4 is 38.6 Å². The van der Waals surface area contributed by atoms with Crippen LogP contribution in [0.2, 0.25) is 0 Å². The highest BCUT2D eigenvalue weighted by Crippen LogP contribution is 2.27. The molecule has 2 aromatic heterocycles. The zero-order chi connectivity index (χ0) is 14.1. The molecular formula is C14H12BrClN4. The Morgan fingerprint density at radius 3 is 2.90 bits per heavy atom. The molecule has 0 saturated heterocycles. The van der Waals surface area contributed by atoms with Gasteiger partial charge in [-0.3, -0.25) is 0 Å². The molecule has 102 valence electrons. The average Bonchev–Trinajstić information content (AvgIpc) is 2.78. The van der Waals surface area contributed by atoms with Crippen LogP contribution in [0.5, 0.6) is 0 Å². The second-order valence-corrected chi connectivity index (χ2v) is 6.08. The summed E-state index contributed by atoms with van der Waals surface area (Å²) < 4.78 is 3.11. The number of fused-ring (bicyclic) bond motifs is 1. The predicted molar refractivity (Wildman–Crippen MR) is 82.8 cm³/mol. The SMILES string of the molecule is CC(Cl)c1nc2ccc(Br)cc2n1Cc1ccncn1. The van der Waals surface area contributed by atoms with Gasteiger partial charge >= 0.3 is 0 Å². The van der Waals surface area contributed by atoms with Gasteiger partial charge < -0.3 is 4.57 Å². The number of aromatic nitrogens is 4. The van der Waals surface area contributed by atoms with Crippen molar-refractivity contribution in [1.82, 2.24) is 19.5 Å². The van der Waals surface area contributed by atoms with Gasteiger partial charge in [0.25, 0.3) is 0 Å². The molecule has 0 aliphatic heterocycles. The quantitative estimate of drug-likeness (QED) is 0.671. The number of imidazole rings is 1. The lowest BCUT2D eigenvalue weighted by atomic mass is 10.3. The summed E-state index contributed by atoms with van der Waals surface area (Å²) >= 11 is 9.76. The van der Waals surface area contributed by atoms with Crippen LogP contribution >= 0.6 is 27.5 Å². The normalized spacial score (nSPS) is 12.8. The molecule has 20 heavy (non-hydrogen) atoms. The highest BCUT2D eigenvalue weighted by Gasteiger charge is 2.15. The van der Waals surface area contributed by atoms with Crippen LogP contribution in [0.3, 0.4) is 0 Å². The van der Waals surface area contributed by atoms with E-state index in [1.165, 1.54) is 0 Å². The van der Waals surface area contributed by atoms with Gasteiger partial charge in [-0.25, -0.2) is 15.0 Å². The van der Waals surface area contributed by atoms with E-state index in [1.807, 2.05) is 31.2 Å². The van der Waals surface area contributed by atoms with Crippen molar-refractivity contribution in [1.29, 1.82) is 0 Å². The first-order chi connectivity index (χ1) is 9.65. The summed E-state index contributed by atoms with van der Waals surface area (Å²) in [6.07, 6.45) is 3.29. The van der Waals surface area contributed by atoms with E-state index in [-0.39, 0.29) is 5.38 Å². The number of nitrogens with zero attached hydrogens (tertiary/aromatic N) is 4. The molecule has 0 spiro atoms. The molecule has 0 bridgehead atoms. The van der Waals surface area contributed by atoms with Crippen molar-refractivity contribution in [2.75, 3.05) is 0 Å². The summed E-state index contributed by atoms with van der Waals surface area (Å²) in [6.45, 7) is 2.55. The summed E-state index contributed by atoms with van der Waals surface area (Å²) in [5, 5.41) is -0.164. The zero-order valence-electron chi connectivity index (χ0n) is 10.8. The van der Waals surface area contributed by atoms with Crippen LogP contribution in [0.25, 0.3) is 11.0 Å². The van der Waals surface area contributed by atoms with Gasteiger partial charge in [-0.15, -0.1) is 11.6 Å². The second kappa shape index (κ2) is 5.50. The van der Waals surface area contributed by atoms with E-state index in [4.69, 9.17) is 11.6 Å². The third-order valence-corrected chi connectivity index (χ3v) is 3.75. The van der Waals surface area contributed by atoms with Crippen LogP contribution < -0.4 is 0 Å². The Morgan fingerprint density at radius 2 is 2.20 bits per heavy atom. The van der Waals surface area contributed by atoms with E-state index < -0.39 is 0 Å². The number of hydrogen-bond acceptors (Lipinski definition) is 3. The fourth-order valence-electron chi connectivity index (χ4n) is 2.16. The smallest absolute Gasteiger partial charge is 0.128 e. The Balaban J connectivity index is 2.15. The molecule has 0 aliphatic rings. The fraction of sp³-hybridized carbons (Fsp3) is 0.214. The van der Waals surface area contributed by atoms with E-state index in [9.17, 15) is 0 Å². The minimum atomic E-state index is -0.164. The first-order valence-corrected chi connectivity index (χ1v) is 7.43. The Labute approximate surface area is 130 Å². The summed E-state index contributed by atoms with van der Waals surface area (Å²) in [4.78, 5) is 12.8. The standard InChI is InChI=1S/C14H12BrClN4/c1-9(16)14-19-12-3-2-10(15)6-13(12)20(14)7-11-4-5-17-8-18-11/h2-6,8-9H,7H2,1H3. The monoisotopic (exact) mass is 350 g/mol. The van der Waals surface area contributed by atoms with Gasteiger partial charge in [-0.1, -0.05) is 15.9 Å². The highest BCUT2D eigenvalue weighted by molar-refractivity contribution is 9.10. The maximum absolute atomic E-state index is 6.26. The van der Waals surface area contributed by atoms with E-state index in [0.717, 1.165) is 27.0 Å². The summed E-state index contributed by atoms with van der Waals surface area (Å²) in [7, 11) is 0. The molecule has 6 heteroatoms. The predicted octanol–water partition coefficient (Wildman–Crippen LogP) is 3.94. The first-order valence-electron chi connectivity index (χ1n) is 6.20. The van der Waals surface area contributed by atoms with Crippen LogP contribution in [0.4, 0.5) is 0 Å². The second-order valence-electron chi connectivity index (χ2n) is 4.51. The van der Waals surface area contributed by atoms with Gasteiger partial charge in [0.1, 0.15) is 12.2 Å². The molecule has 2 heterocycles. The molecule has 0 radical (unpaired) electrons. The third kappa shape index (κ3) is 2.55. The molecule has 0 saturated carbocycles. The lowest BCUT2D eigenvalue weighted by molar-refractivity contribution is 0.725. The average molecular weight is 352 g/mol. The summed E-state index contributed by atoms with van der Waals surface area (Å²) in [6, 6.07) is 7.91. The number of rotatable bonds is 3. The van der Waals surface area contributed by atoms with Crippen molar-refractivity contribution in [3.63, 3.8) is 0 Å². The topological polar surface area (TPSA) is 43.6 Å². The molecule has 1 aromatic carbocycles. The maximum Gasteiger partial charge on any atom is 0.128 e. The van der Waals surface area contributed by atoms with Crippen molar-refractivity contribution < 1.29 is 0 Å². The molecule has 4 nitrogen and oxygen atoms in total. The van der Waals surface area contributed by atoms with Crippen molar-refractivity contribution in [3.05, 3.63) is 52.8 Å². The van der Waals surface area contributed by atoms with Crippen LogP contribution in [0.1, 0.15) is 23.8 Å². The summed E-state index contributed by atoms with van der Waals surface area (Å²) in [5.41, 5.74) is 2.91. The van der Waals surface area contributed by atoms with Gasteiger partial charge in [0.05, 0.1) is 28.6 Å². The van der Waals surface area contributed by atoms with Crippen molar-refractivity contribution in [2.24, 2.45) is 0 Å². The Kier molecular flexibility index (Phi) is 3.72. The molecule has 0 aliphatic carbocycles. The van der Waals surface area contributed by atoms with Crippen molar-refractivity contribution in [2.45, 2.75) is 18.8 Å². The lowest BCUT2D eigenvalue weighted by Crippen LogP contribution is -2.07. The lowest BCUT2D eigenvalue weighted by Gasteiger charge is -2.10. The Bertz CT molecular complexity index is 740. The van der Waals surface area contributed by atoms with Gasteiger partial charge in [-0.05, 0) is 31.2 Å².